The average molecular weight is 256 g/mol. The van der Waals surface area contributed by atoms with Gasteiger partial charge in [-0.05, 0) is 19.4 Å². The molecule has 104 valence electrons. The Morgan fingerprint density at radius 1 is 1.50 bits per heavy atom. The fourth-order valence-electron chi connectivity index (χ4n) is 2.67. The second-order valence-corrected chi connectivity index (χ2v) is 5.39. The molecule has 2 aliphatic heterocycles. The Morgan fingerprint density at radius 3 is 2.89 bits per heavy atom. The van der Waals surface area contributed by atoms with E-state index in [1.165, 1.54) is 0 Å². The zero-order valence-corrected chi connectivity index (χ0v) is 11.2. The molecule has 1 atom stereocenters. The number of carbonyl (C=O) groups excluding carboxylic acids is 1. The number of β-amino-alcohol motifs (C(OH)–C–C–N with tert-alkyl or cyclic N) is 1. The smallest absolute Gasteiger partial charge is 0.239 e. The maximum atomic E-state index is 12.1. The highest BCUT2D eigenvalue weighted by molar-refractivity contribution is 5.84. The largest absolute Gasteiger partial charge is 0.388 e. The van der Waals surface area contributed by atoms with E-state index in [-0.39, 0.29) is 11.9 Å². The minimum atomic E-state index is -0.743. The molecular formula is C13H24N2O3. The number of carbonyl (C=O) groups is 1. The number of aliphatic hydroxyl groups is 1. The highest BCUT2D eigenvalue weighted by atomic mass is 16.5. The van der Waals surface area contributed by atoms with Gasteiger partial charge < -0.3 is 20.1 Å². The van der Waals surface area contributed by atoms with E-state index >= 15 is 0 Å². The minimum absolute atomic E-state index is 0.0478. The van der Waals surface area contributed by atoms with Gasteiger partial charge in [0.15, 0.2) is 0 Å². The first kappa shape index (κ1) is 13.8. The molecule has 0 aromatic carbocycles. The molecule has 0 spiro atoms. The van der Waals surface area contributed by atoms with Crippen LogP contribution in [0, 0.1) is 0 Å². The lowest BCUT2D eigenvalue weighted by atomic mass is 9.94. The highest BCUT2D eigenvalue weighted by Gasteiger charge is 2.38. The normalized spacial score (nSPS) is 27.8. The van der Waals surface area contributed by atoms with Gasteiger partial charge >= 0.3 is 0 Å². The molecule has 0 saturated carbocycles. The van der Waals surface area contributed by atoms with E-state index in [0.717, 1.165) is 25.9 Å². The van der Waals surface area contributed by atoms with E-state index in [2.05, 4.69) is 12.2 Å². The van der Waals surface area contributed by atoms with Crippen molar-refractivity contribution in [3.8, 4) is 0 Å². The number of amides is 1. The summed E-state index contributed by atoms with van der Waals surface area (Å²) in [4.78, 5) is 14.0. The van der Waals surface area contributed by atoms with Crippen LogP contribution in [-0.2, 0) is 9.53 Å². The number of nitrogens with one attached hydrogen (secondary N) is 1. The fraction of sp³-hybridized carbons (Fsp3) is 0.923. The first-order chi connectivity index (χ1) is 8.64. The topological polar surface area (TPSA) is 61.8 Å². The summed E-state index contributed by atoms with van der Waals surface area (Å²) in [6, 6.07) is -0.0478. The van der Waals surface area contributed by atoms with Crippen LogP contribution in [0.1, 0.15) is 32.6 Å². The summed E-state index contributed by atoms with van der Waals surface area (Å²) >= 11 is 0. The van der Waals surface area contributed by atoms with E-state index in [9.17, 15) is 9.90 Å². The van der Waals surface area contributed by atoms with Crippen molar-refractivity contribution in [2.24, 2.45) is 0 Å². The van der Waals surface area contributed by atoms with Crippen LogP contribution in [0.15, 0.2) is 0 Å². The summed E-state index contributed by atoms with van der Waals surface area (Å²) in [6.07, 6.45) is 3.14. The lowest BCUT2D eigenvalue weighted by Gasteiger charge is -2.35. The molecule has 1 amide bonds. The summed E-state index contributed by atoms with van der Waals surface area (Å²) < 4.78 is 5.25. The van der Waals surface area contributed by atoms with E-state index in [0.29, 0.717) is 32.6 Å². The van der Waals surface area contributed by atoms with Crippen LogP contribution >= 0.6 is 0 Å². The van der Waals surface area contributed by atoms with Crippen LogP contribution in [0.25, 0.3) is 0 Å². The van der Waals surface area contributed by atoms with Crippen molar-refractivity contribution in [2.75, 3.05) is 32.8 Å². The second-order valence-electron chi connectivity index (χ2n) is 5.39. The maximum Gasteiger partial charge on any atom is 0.239 e. The van der Waals surface area contributed by atoms with Crippen LogP contribution in [0.5, 0.6) is 0 Å². The van der Waals surface area contributed by atoms with Gasteiger partial charge in [0, 0.05) is 39.1 Å². The molecule has 2 fully saturated rings. The van der Waals surface area contributed by atoms with Crippen molar-refractivity contribution in [1.29, 1.82) is 0 Å². The summed E-state index contributed by atoms with van der Waals surface area (Å²) in [5, 5.41) is 13.7. The van der Waals surface area contributed by atoms with Crippen LogP contribution in [0.4, 0.5) is 0 Å². The van der Waals surface area contributed by atoms with Gasteiger partial charge in [-0.1, -0.05) is 6.92 Å². The summed E-state index contributed by atoms with van der Waals surface area (Å²) in [5.41, 5.74) is -0.743. The van der Waals surface area contributed by atoms with Gasteiger partial charge in [0.2, 0.25) is 5.91 Å². The zero-order valence-electron chi connectivity index (χ0n) is 11.2. The molecule has 18 heavy (non-hydrogen) atoms. The molecule has 2 rings (SSSR count). The summed E-state index contributed by atoms with van der Waals surface area (Å²) in [5.74, 6) is 0.142. The third-order valence-corrected chi connectivity index (χ3v) is 3.85. The molecule has 2 N–H and O–H groups in total. The Hall–Kier alpha value is -0.650. The zero-order chi connectivity index (χ0) is 13.0. The first-order valence-electron chi connectivity index (χ1n) is 6.97. The number of hydrogen-bond acceptors (Lipinski definition) is 4. The third-order valence-electron chi connectivity index (χ3n) is 3.85. The Balaban J connectivity index is 1.85. The van der Waals surface area contributed by atoms with Gasteiger partial charge in [-0.3, -0.25) is 4.79 Å². The molecule has 2 saturated heterocycles. The number of likely N-dealkylation sites (tertiary alicyclic amines) is 1. The third kappa shape index (κ3) is 3.22. The molecule has 0 aromatic rings. The Kier molecular flexibility index (Phi) is 4.59. The van der Waals surface area contributed by atoms with E-state index in [1.54, 1.807) is 4.90 Å². The molecule has 0 aromatic heterocycles. The quantitative estimate of drug-likeness (QED) is 0.734. The van der Waals surface area contributed by atoms with Gasteiger partial charge in [0.1, 0.15) is 0 Å². The van der Waals surface area contributed by atoms with Crippen molar-refractivity contribution < 1.29 is 14.6 Å². The lowest BCUT2D eigenvalue weighted by molar-refractivity contribution is -0.136. The van der Waals surface area contributed by atoms with E-state index in [1.807, 2.05) is 0 Å². The molecule has 2 aliphatic rings. The molecule has 2 heterocycles. The van der Waals surface area contributed by atoms with Crippen molar-refractivity contribution in [3.05, 3.63) is 0 Å². The average Bonchev–Trinajstić information content (AvgIpc) is 2.69. The predicted molar refractivity (Wildman–Crippen MR) is 68.3 cm³/mol. The summed E-state index contributed by atoms with van der Waals surface area (Å²) in [7, 11) is 0. The Morgan fingerprint density at radius 2 is 2.22 bits per heavy atom. The first-order valence-corrected chi connectivity index (χ1v) is 6.97. The van der Waals surface area contributed by atoms with E-state index < -0.39 is 5.60 Å². The Bertz CT molecular complexity index is 290. The number of rotatable bonds is 5. The minimum Gasteiger partial charge on any atom is -0.388 e. The van der Waals surface area contributed by atoms with Crippen molar-refractivity contribution in [1.82, 2.24) is 10.2 Å². The second kappa shape index (κ2) is 5.99. The molecular weight excluding hydrogens is 232 g/mol. The highest BCUT2D eigenvalue weighted by Crippen LogP contribution is 2.24. The SMILES string of the molecule is CCCNC1CCN(CC2(O)CCOCC2)C1=O. The van der Waals surface area contributed by atoms with Crippen molar-refractivity contribution in [3.63, 3.8) is 0 Å². The Labute approximate surface area is 108 Å². The number of nitrogens with zero attached hydrogens (tertiary/aromatic N) is 1. The number of hydrogen-bond donors (Lipinski definition) is 2. The standard InChI is InChI=1S/C13H24N2O3/c1-2-6-14-11-3-7-15(12(11)16)10-13(17)4-8-18-9-5-13/h11,14,17H,2-10H2,1H3. The maximum absolute atomic E-state index is 12.1. The molecule has 5 nitrogen and oxygen atoms in total. The molecule has 0 bridgehead atoms. The van der Waals surface area contributed by atoms with Crippen LogP contribution < -0.4 is 5.32 Å². The molecule has 0 radical (unpaired) electrons. The van der Waals surface area contributed by atoms with Gasteiger partial charge in [-0.2, -0.15) is 0 Å². The molecule has 0 aliphatic carbocycles. The van der Waals surface area contributed by atoms with Crippen LogP contribution in [-0.4, -0.2) is 60.4 Å². The van der Waals surface area contributed by atoms with Crippen molar-refractivity contribution in [2.45, 2.75) is 44.2 Å². The fourth-order valence-corrected chi connectivity index (χ4v) is 2.67. The van der Waals surface area contributed by atoms with Crippen LogP contribution in [0.2, 0.25) is 0 Å². The lowest BCUT2D eigenvalue weighted by Crippen LogP contribution is -2.49. The van der Waals surface area contributed by atoms with Gasteiger partial charge in [-0.15, -0.1) is 0 Å². The van der Waals surface area contributed by atoms with Gasteiger partial charge in [0.05, 0.1) is 11.6 Å². The monoisotopic (exact) mass is 256 g/mol. The van der Waals surface area contributed by atoms with Crippen molar-refractivity contribution >= 4 is 5.91 Å². The van der Waals surface area contributed by atoms with Gasteiger partial charge in [0.25, 0.3) is 0 Å². The van der Waals surface area contributed by atoms with Crippen LogP contribution in [0.3, 0.4) is 0 Å². The summed E-state index contributed by atoms with van der Waals surface area (Å²) in [6.45, 7) is 5.37. The molecule has 1 unspecified atom stereocenters. The number of ether oxygens (including phenoxy) is 1. The van der Waals surface area contributed by atoms with Gasteiger partial charge in [-0.25, -0.2) is 0 Å². The molecule has 5 heteroatoms. The van der Waals surface area contributed by atoms with E-state index in [4.69, 9.17) is 4.74 Å². The predicted octanol–water partition coefficient (Wildman–Crippen LogP) is 0.128.